The lowest BCUT2D eigenvalue weighted by molar-refractivity contribution is -0.128. The topological polar surface area (TPSA) is 38.3 Å². The Labute approximate surface area is 148 Å². The Morgan fingerprint density at radius 2 is 1.72 bits per heavy atom. The van der Waals surface area contributed by atoms with Crippen LogP contribution < -0.4 is 10.1 Å². The van der Waals surface area contributed by atoms with E-state index in [1.807, 2.05) is 56.3 Å². The van der Waals surface area contributed by atoms with Crippen LogP contribution in [0.5, 0.6) is 5.75 Å². The first-order valence-corrected chi connectivity index (χ1v) is 8.64. The van der Waals surface area contributed by atoms with Gasteiger partial charge in [0.05, 0.1) is 0 Å². The molecular formula is C22H23NO2. The average Bonchev–Trinajstić information content (AvgIpc) is 2.65. The van der Waals surface area contributed by atoms with E-state index < -0.39 is 6.10 Å². The second-order valence-corrected chi connectivity index (χ2v) is 6.23. The van der Waals surface area contributed by atoms with Gasteiger partial charge in [-0.2, -0.15) is 0 Å². The normalized spacial score (nSPS) is 11.9. The minimum absolute atomic E-state index is 0.0868. The first kappa shape index (κ1) is 17.0. The molecule has 3 nitrogen and oxygen atoms in total. The maximum Gasteiger partial charge on any atom is 0.261 e. The van der Waals surface area contributed by atoms with Crippen molar-refractivity contribution < 1.29 is 9.53 Å². The molecule has 0 aliphatic heterocycles. The highest BCUT2D eigenvalue weighted by Crippen LogP contribution is 2.17. The lowest BCUT2D eigenvalue weighted by atomic mass is 10.1. The molecule has 0 saturated carbocycles. The van der Waals surface area contributed by atoms with Gasteiger partial charge in [-0.25, -0.2) is 0 Å². The summed E-state index contributed by atoms with van der Waals surface area (Å²) in [6, 6.07) is 22.2. The van der Waals surface area contributed by atoms with Gasteiger partial charge in [-0.05, 0) is 47.9 Å². The first-order valence-electron chi connectivity index (χ1n) is 8.64. The van der Waals surface area contributed by atoms with E-state index in [4.69, 9.17) is 4.74 Å². The van der Waals surface area contributed by atoms with Gasteiger partial charge in [0.2, 0.25) is 0 Å². The molecule has 3 rings (SSSR count). The summed E-state index contributed by atoms with van der Waals surface area (Å²) in [5.74, 6) is 0.634. The van der Waals surface area contributed by atoms with E-state index in [1.54, 1.807) is 0 Å². The van der Waals surface area contributed by atoms with Crippen molar-refractivity contribution in [2.45, 2.75) is 32.9 Å². The number of aryl methyl sites for hydroxylation is 1. The number of rotatable bonds is 6. The molecule has 3 heteroatoms. The fraction of sp³-hybridized carbons (Fsp3) is 0.227. The summed E-state index contributed by atoms with van der Waals surface area (Å²) >= 11 is 0. The summed E-state index contributed by atoms with van der Waals surface area (Å²) < 4.78 is 5.83. The SMILES string of the molecule is CC[C@H](Oc1ccc(C)cc1)C(=O)NCc1ccc2ccccc2c1. The van der Waals surface area contributed by atoms with Gasteiger partial charge in [0.25, 0.3) is 5.91 Å². The van der Waals surface area contributed by atoms with E-state index in [9.17, 15) is 4.79 Å². The highest BCUT2D eigenvalue weighted by molar-refractivity contribution is 5.83. The maximum absolute atomic E-state index is 12.4. The maximum atomic E-state index is 12.4. The highest BCUT2D eigenvalue weighted by Gasteiger charge is 2.18. The van der Waals surface area contributed by atoms with Crippen LogP contribution in [-0.2, 0) is 11.3 Å². The Bertz CT molecular complexity index is 855. The summed E-state index contributed by atoms with van der Waals surface area (Å²) in [6.45, 7) is 4.48. The zero-order valence-electron chi connectivity index (χ0n) is 14.7. The monoisotopic (exact) mass is 333 g/mol. The largest absolute Gasteiger partial charge is 0.481 e. The fourth-order valence-electron chi connectivity index (χ4n) is 2.76. The molecule has 25 heavy (non-hydrogen) atoms. The molecule has 0 spiro atoms. The molecular weight excluding hydrogens is 310 g/mol. The van der Waals surface area contributed by atoms with Crippen LogP contribution in [0, 0.1) is 6.92 Å². The molecule has 0 aromatic heterocycles. The van der Waals surface area contributed by atoms with Gasteiger partial charge in [-0.1, -0.05) is 61.0 Å². The van der Waals surface area contributed by atoms with E-state index in [0.29, 0.717) is 13.0 Å². The minimum atomic E-state index is -0.483. The number of hydrogen-bond acceptors (Lipinski definition) is 2. The van der Waals surface area contributed by atoms with Crippen molar-refractivity contribution in [2.24, 2.45) is 0 Å². The second kappa shape index (κ2) is 7.84. The number of fused-ring (bicyclic) bond motifs is 1. The van der Waals surface area contributed by atoms with Crippen LogP contribution in [0.15, 0.2) is 66.7 Å². The third-order valence-corrected chi connectivity index (χ3v) is 4.24. The van der Waals surface area contributed by atoms with Crippen molar-refractivity contribution in [1.82, 2.24) is 5.32 Å². The summed E-state index contributed by atoms with van der Waals surface area (Å²) in [5, 5.41) is 5.36. The van der Waals surface area contributed by atoms with Gasteiger partial charge >= 0.3 is 0 Å². The Morgan fingerprint density at radius 3 is 2.44 bits per heavy atom. The number of amides is 1. The predicted octanol–water partition coefficient (Wildman–Crippen LogP) is 4.62. The van der Waals surface area contributed by atoms with Crippen LogP contribution in [-0.4, -0.2) is 12.0 Å². The molecule has 128 valence electrons. The van der Waals surface area contributed by atoms with Gasteiger partial charge in [0.15, 0.2) is 6.10 Å². The molecule has 0 fully saturated rings. The van der Waals surface area contributed by atoms with Gasteiger partial charge in [-0.3, -0.25) is 4.79 Å². The van der Waals surface area contributed by atoms with Crippen molar-refractivity contribution in [2.75, 3.05) is 0 Å². The second-order valence-electron chi connectivity index (χ2n) is 6.23. The van der Waals surface area contributed by atoms with Crippen LogP contribution in [0.4, 0.5) is 0 Å². The van der Waals surface area contributed by atoms with Crippen molar-refractivity contribution in [3.05, 3.63) is 77.9 Å². The van der Waals surface area contributed by atoms with E-state index in [0.717, 1.165) is 11.3 Å². The third-order valence-electron chi connectivity index (χ3n) is 4.24. The molecule has 1 amide bonds. The van der Waals surface area contributed by atoms with Gasteiger partial charge < -0.3 is 10.1 Å². The zero-order valence-corrected chi connectivity index (χ0v) is 14.7. The molecule has 0 aliphatic rings. The molecule has 1 N–H and O–H groups in total. The van der Waals surface area contributed by atoms with E-state index in [2.05, 4.69) is 29.6 Å². The van der Waals surface area contributed by atoms with Crippen LogP contribution in [0.25, 0.3) is 10.8 Å². The van der Waals surface area contributed by atoms with Crippen LogP contribution in [0.3, 0.4) is 0 Å². The number of benzene rings is 3. The molecule has 0 heterocycles. The molecule has 0 bridgehead atoms. The predicted molar refractivity (Wildman–Crippen MR) is 102 cm³/mol. The lowest BCUT2D eigenvalue weighted by Gasteiger charge is -2.17. The lowest BCUT2D eigenvalue weighted by Crippen LogP contribution is -2.37. The van der Waals surface area contributed by atoms with Crippen LogP contribution in [0.2, 0.25) is 0 Å². The number of hydrogen-bond donors (Lipinski definition) is 1. The Balaban J connectivity index is 1.62. The number of carbonyl (C=O) groups excluding carboxylic acids is 1. The van der Waals surface area contributed by atoms with Crippen molar-refractivity contribution >= 4 is 16.7 Å². The highest BCUT2D eigenvalue weighted by atomic mass is 16.5. The molecule has 0 unspecified atom stereocenters. The third kappa shape index (κ3) is 4.38. The number of nitrogens with one attached hydrogen (secondary N) is 1. The van der Waals surface area contributed by atoms with Crippen molar-refractivity contribution in [3.8, 4) is 5.75 Å². The Hall–Kier alpha value is -2.81. The smallest absolute Gasteiger partial charge is 0.261 e. The van der Waals surface area contributed by atoms with Gasteiger partial charge in [0.1, 0.15) is 5.75 Å². The Morgan fingerprint density at radius 1 is 1.00 bits per heavy atom. The number of ether oxygens (including phenoxy) is 1. The zero-order chi connectivity index (χ0) is 17.6. The average molecular weight is 333 g/mol. The molecule has 3 aromatic carbocycles. The standard InChI is InChI=1S/C22H23NO2/c1-3-21(25-20-12-8-16(2)9-13-20)22(24)23-15-17-10-11-18-6-4-5-7-19(18)14-17/h4-14,21H,3,15H2,1-2H3,(H,23,24)/t21-/m0/s1. The molecule has 1 atom stereocenters. The van der Waals surface area contributed by atoms with Crippen molar-refractivity contribution in [1.29, 1.82) is 0 Å². The summed E-state index contributed by atoms with van der Waals surface area (Å²) in [4.78, 5) is 12.4. The molecule has 0 saturated heterocycles. The van der Waals surface area contributed by atoms with Crippen molar-refractivity contribution in [3.63, 3.8) is 0 Å². The van der Waals surface area contributed by atoms with E-state index >= 15 is 0 Å². The van der Waals surface area contributed by atoms with E-state index in [-0.39, 0.29) is 5.91 Å². The summed E-state index contributed by atoms with van der Waals surface area (Å²) in [7, 11) is 0. The summed E-state index contributed by atoms with van der Waals surface area (Å²) in [6.07, 6.45) is 0.139. The Kier molecular flexibility index (Phi) is 5.34. The first-order chi connectivity index (χ1) is 12.2. The van der Waals surface area contributed by atoms with Gasteiger partial charge in [-0.15, -0.1) is 0 Å². The van der Waals surface area contributed by atoms with Crippen LogP contribution >= 0.6 is 0 Å². The van der Waals surface area contributed by atoms with Gasteiger partial charge in [0, 0.05) is 6.54 Å². The fourth-order valence-corrected chi connectivity index (χ4v) is 2.76. The minimum Gasteiger partial charge on any atom is -0.481 e. The molecule has 0 radical (unpaired) electrons. The molecule has 3 aromatic rings. The van der Waals surface area contributed by atoms with Crippen LogP contribution in [0.1, 0.15) is 24.5 Å². The quantitative estimate of drug-likeness (QED) is 0.715. The van der Waals surface area contributed by atoms with E-state index in [1.165, 1.54) is 16.3 Å². The molecule has 0 aliphatic carbocycles. The number of carbonyl (C=O) groups is 1. The summed E-state index contributed by atoms with van der Waals surface area (Å²) in [5.41, 5.74) is 2.25.